The summed E-state index contributed by atoms with van der Waals surface area (Å²) in [5, 5.41) is 11.2. The molecule has 2 unspecified atom stereocenters. The molecule has 8 nitrogen and oxygen atoms in total. The highest BCUT2D eigenvalue weighted by atomic mass is 16.7. The number of Topliss-reactive ketones (excluding diaryl/α,β-unsaturated/α-hetero) is 1. The molecule has 2 heterocycles. The molecule has 0 spiro atoms. The van der Waals surface area contributed by atoms with Crippen molar-refractivity contribution in [1.29, 1.82) is 0 Å². The fourth-order valence-corrected chi connectivity index (χ4v) is 7.62. The standard InChI is InChI=1S/C35H58O8/c1-3-10-25-15-17-26(18-16-25)31(42-34-13-6-8-21-40-34)20-19-28-29(23-27(36)11-4-5-12-33(38)39-2)30(37)24-32(28)43-35-14-7-9-22-41-35/h19-20,25-26,28-32,34-35,37H,3-18,21-24H2,1-2H3/t25?,26?,28-,29-,30+,31-,32-,34?,35?/m1/s1. The van der Waals surface area contributed by atoms with E-state index in [1.807, 2.05) is 0 Å². The summed E-state index contributed by atoms with van der Waals surface area (Å²) in [5.74, 6) is 0.817. The van der Waals surface area contributed by atoms with Crippen LogP contribution in [-0.4, -0.2) is 68.1 Å². The van der Waals surface area contributed by atoms with Crippen molar-refractivity contribution >= 4 is 11.8 Å². The summed E-state index contributed by atoms with van der Waals surface area (Å²) >= 11 is 0. The minimum atomic E-state index is -0.618. The number of methoxy groups -OCH3 is 1. The Hall–Kier alpha value is -1.32. The summed E-state index contributed by atoms with van der Waals surface area (Å²) in [5.41, 5.74) is 0. The largest absolute Gasteiger partial charge is 0.469 e. The van der Waals surface area contributed by atoms with Gasteiger partial charge in [-0.1, -0.05) is 44.8 Å². The average molecular weight is 607 g/mol. The Bertz CT molecular complexity index is 841. The number of hydrogen-bond donors (Lipinski definition) is 1. The summed E-state index contributed by atoms with van der Waals surface area (Å²) < 4.78 is 29.8. The van der Waals surface area contributed by atoms with Gasteiger partial charge in [0, 0.05) is 50.7 Å². The molecule has 0 aromatic carbocycles. The molecule has 2 saturated carbocycles. The lowest BCUT2D eigenvalue weighted by atomic mass is 9.77. The monoisotopic (exact) mass is 606 g/mol. The third-order valence-electron chi connectivity index (χ3n) is 10.2. The third-order valence-corrected chi connectivity index (χ3v) is 10.2. The maximum atomic E-state index is 13.1. The third kappa shape index (κ3) is 11.2. The number of hydrogen-bond acceptors (Lipinski definition) is 8. The summed E-state index contributed by atoms with van der Waals surface area (Å²) in [6, 6.07) is 0. The fraction of sp³-hybridized carbons (Fsp3) is 0.886. The number of rotatable bonds is 16. The van der Waals surface area contributed by atoms with Gasteiger partial charge in [-0.15, -0.1) is 0 Å². The van der Waals surface area contributed by atoms with Gasteiger partial charge in [0.2, 0.25) is 0 Å². The molecule has 4 fully saturated rings. The van der Waals surface area contributed by atoms with E-state index in [0.29, 0.717) is 51.0 Å². The highest BCUT2D eigenvalue weighted by Gasteiger charge is 2.44. The van der Waals surface area contributed by atoms with Gasteiger partial charge in [-0.3, -0.25) is 9.59 Å². The van der Waals surface area contributed by atoms with Gasteiger partial charge in [0.25, 0.3) is 0 Å². The van der Waals surface area contributed by atoms with Gasteiger partial charge in [0.05, 0.1) is 25.4 Å². The molecule has 0 aromatic heterocycles. The average Bonchev–Trinajstić information content (AvgIpc) is 3.31. The van der Waals surface area contributed by atoms with E-state index in [2.05, 4.69) is 19.1 Å². The van der Waals surface area contributed by atoms with Crippen molar-refractivity contribution in [2.75, 3.05) is 20.3 Å². The van der Waals surface area contributed by atoms with Crippen LogP contribution in [0.3, 0.4) is 0 Å². The summed E-state index contributed by atoms with van der Waals surface area (Å²) in [4.78, 5) is 24.5. The van der Waals surface area contributed by atoms with Gasteiger partial charge in [-0.2, -0.15) is 0 Å². The molecule has 7 atom stereocenters. The van der Waals surface area contributed by atoms with Gasteiger partial charge >= 0.3 is 5.97 Å². The van der Waals surface area contributed by atoms with Crippen LogP contribution in [0.4, 0.5) is 0 Å². The highest BCUT2D eigenvalue weighted by molar-refractivity contribution is 5.79. The number of ketones is 1. The molecule has 0 amide bonds. The van der Waals surface area contributed by atoms with E-state index in [1.54, 1.807) is 0 Å². The topological polar surface area (TPSA) is 101 Å². The Morgan fingerprint density at radius 2 is 1.63 bits per heavy atom. The maximum absolute atomic E-state index is 13.1. The molecule has 4 aliphatic rings. The van der Waals surface area contributed by atoms with Gasteiger partial charge in [0.1, 0.15) is 5.78 Å². The Labute approximate surface area is 259 Å². The van der Waals surface area contributed by atoms with E-state index < -0.39 is 6.10 Å². The Morgan fingerprint density at radius 1 is 0.930 bits per heavy atom. The zero-order valence-electron chi connectivity index (χ0n) is 26.8. The molecule has 2 saturated heterocycles. The van der Waals surface area contributed by atoms with Gasteiger partial charge in [-0.05, 0) is 76.0 Å². The molecular formula is C35H58O8. The number of esters is 1. The molecule has 8 heteroatoms. The maximum Gasteiger partial charge on any atom is 0.305 e. The number of unbranched alkanes of at least 4 members (excludes halogenated alkanes) is 1. The summed E-state index contributed by atoms with van der Waals surface area (Å²) in [6.45, 7) is 3.73. The summed E-state index contributed by atoms with van der Waals surface area (Å²) in [6.07, 6.45) is 19.4. The van der Waals surface area contributed by atoms with E-state index in [0.717, 1.165) is 63.9 Å². The second kappa shape index (κ2) is 18.6. The number of carbonyl (C=O) groups is 2. The molecule has 0 bridgehead atoms. The first-order valence-electron chi connectivity index (χ1n) is 17.5. The molecule has 4 rings (SSSR count). The highest BCUT2D eigenvalue weighted by Crippen LogP contribution is 2.41. The molecular weight excluding hydrogens is 548 g/mol. The minimum Gasteiger partial charge on any atom is -0.469 e. The van der Waals surface area contributed by atoms with Crippen LogP contribution >= 0.6 is 0 Å². The molecule has 246 valence electrons. The smallest absolute Gasteiger partial charge is 0.305 e. The molecule has 0 radical (unpaired) electrons. The number of aliphatic hydroxyl groups is 1. The zero-order valence-corrected chi connectivity index (χ0v) is 26.8. The van der Waals surface area contributed by atoms with Crippen LogP contribution in [0.1, 0.15) is 122 Å². The molecule has 2 aliphatic carbocycles. The van der Waals surface area contributed by atoms with Crippen LogP contribution in [0.5, 0.6) is 0 Å². The predicted molar refractivity (Wildman–Crippen MR) is 164 cm³/mol. The van der Waals surface area contributed by atoms with Crippen molar-refractivity contribution in [1.82, 2.24) is 0 Å². The van der Waals surface area contributed by atoms with Crippen molar-refractivity contribution in [3.8, 4) is 0 Å². The minimum absolute atomic E-state index is 0.0512. The molecule has 0 aromatic rings. The van der Waals surface area contributed by atoms with Crippen LogP contribution in [0, 0.1) is 23.7 Å². The van der Waals surface area contributed by atoms with Gasteiger partial charge < -0.3 is 28.8 Å². The van der Waals surface area contributed by atoms with E-state index in [9.17, 15) is 14.7 Å². The van der Waals surface area contributed by atoms with Crippen LogP contribution in [0.15, 0.2) is 12.2 Å². The van der Waals surface area contributed by atoms with Crippen LogP contribution in [0.2, 0.25) is 0 Å². The number of carbonyl (C=O) groups excluding carboxylic acids is 2. The van der Waals surface area contributed by atoms with Crippen molar-refractivity contribution in [3.05, 3.63) is 12.2 Å². The van der Waals surface area contributed by atoms with Crippen molar-refractivity contribution < 1.29 is 38.4 Å². The number of ether oxygens (including phenoxy) is 5. The van der Waals surface area contributed by atoms with Crippen LogP contribution < -0.4 is 0 Å². The van der Waals surface area contributed by atoms with Crippen molar-refractivity contribution in [2.24, 2.45) is 23.7 Å². The van der Waals surface area contributed by atoms with E-state index in [4.69, 9.17) is 23.7 Å². The lowest BCUT2D eigenvalue weighted by Gasteiger charge is -2.35. The lowest BCUT2D eigenvalue weighted by molar-refractivity contribution is -0.193. The van der Waals surface area contributed by atoms with Crippen LogP contribution in [0.25, 0.3) is 0 Å². The van der Waals surface area contributed by atoms with E-state index >= 15 is 0 Å². The first-order chi connectivity index (χ1) is 21.0. The Balaban J connectivity index is 1.45. The van der Waals surface area contributed by atoms with Gasteiger partial charge in [0.15, 0.2) is 12.6 Å². The van der Waals surface area contributed by atoms with E-state index in [1.165, 1.54) is 32.8 Å². The number of aliphatic hydroxyl groups excluding tert-OH is 1. The van der Waals surface area contributed by atoms with Gasteiger partial charge in [-0.25, -0.2) is 0 Å². The summed E-state index contributed by atoms with van der Waals surface area (Å²) in [7, 11) is 1.38. The van der Waals surface area contributed by atoms with E-state index in [-0.39, 0.29) is 48.4 Å². The second-order valence-electron chi connectivity index (χ2n) is 13.4. The second-order valence-corrected chi connectivity index (χ2v) is 13.4. The van der Waals surface area contributed by atoms with Crippen molar-refractivity contribution in [2.45, 2.75) is 153 Å². The molecule has 43 heavy (non-hydrogen) atoms. The normalized spacial score (nSPS) is 34.3. The van der Waals surface area contributed by atoms with Crippen molar-refractivity contribution in [3.63, 3.8) is 0 Å². The van der Waals surface area contributed by atoms with Crippen LogP contribution in [-0.2, 0) is 33.3 Å². The SMILES string of the molecule is CCCC1CCC([C@@H](C=C[C@@H]2[C@@H](CC(=O)CCCCC(=O)OC)[C@@H](O)C[C@H]2OC2CCCCO2)OC2CCCCO2)CC1. The fourth-order valence-electron chi connectivity index (χ4n) is 7.62. The molecule has 2 aliphatic heterocycles. The molecule has 1 N–H and O–H groups in total. The lowest BCUT2D eigenvalue weighted by Crippen LogP contribution is -2.34. The quantitative estimate of drug-likeness (QED) is 0.118. The Morgan fingerprint density at radius 3 is 2.28 bits per heavy atom. The first kappa shape index (κ1) is 34.6. The Kier molecular flexibility index (Phi) is 14.9. The predicted octanol–water partition coefficient (Wildman–Crippen LogP) is 6.66. The first-order valence-corrected chi connectivity index (χ1v) is 17.5. The zero-order chi connectivity index (χ0) is 30.4.